The summed E-state index contributed by atoms with van der Waals surface area (Å²) < 4.78 is 26.9. The molecule has 0 saturated carbocycles. The summed E-state index contributed by atoms with van der Waals surface area (Å²) in [6.07, 6.45) is 5.88. The van der Waals surface area contributed by atoms with Crippen LogP contribution in [0.3, 0.4) is 0 Å². The predicted molar refractivity (Wildman–Crippen MR) is 107 cm³/mol. The van der Waals surface area contributed by atoms with Gasteiger partial charge in [0.05, 0.1) is 5.56 Å². The first-order valence-corrected chi connectivity index (χ1v) is 10.7. The van der Waals surface area contributed by atoms with Gasteiger partial charge < -0.3 is 15.1 Å². The van der Waals surface area contributed by atoms with Crippen molar-refractivity contribution in [2.45, 2.75) is 51.5 Å². The molecule has 2 amide bonds. The Bertz CT molecular complexity index is 720. The maximum Gasteiger partial charge on any atom is 0.256 e. The summed E-state index contributed by atoms with van der Waals surface area (Å²) in [6.45, 7) is 5.90. The van der Waals surface area contributed by atoms with Gasteiger partial charge in [0.2, 0.25) is 5.91 Å². The van der Waals surface area contributed by atoms with Gasteiger partial charge in [-0.25, -0.2) is 8.78 Å². The van der Waals surface area contributed by atoms with E-state index in [0.717, 1.165) is 31.6 Å². The smallest absolute Gasteiger partial charge is 0.256 e. The maximum atomic E-state index is 13.8. The van der Waals surface area contributed by atoms with Crippen LogP contribution in [0, 0.1) is 17.6 Å². The van der Waals surface area contributed by atoms with Gasteiger partial charge >= 0.3 is 0 Å². The van der Waals surface area contributed by atoms with Gasteiger partial charge in [0.1, 0.15) is 11.6 Å². The lowest BCUT2D eigenvalue weighted by atomic mass is 9.95. The number of likely N-dealkylation sites (tertiary alicyclic amines) is 2. The van der Waals surface area contributed by atoms with Crippen LogP contribution in [0.5, 0.6) is 0 Å². The molecule has 2 aliphatic rings. The standard InChI is InChI=1S/C22H31F2N3O2/c1-16-5-2-3-11-26(16)12-4-10-25-21(28)17-8-13-27(14-9-17)22(29)19-7-6-18(23)15-20(19)24/h6-7,15-17H,2-5,8-14H2,1H3,(H,25,28). The van der Waals surface area contributed by atoms with E-state index >= 15 is 0 Å². The molecule has 0 spiro atoms. The van der Waals surface area contributed by atoms with Crippen LogP contribution in [0.15, 0.2) is 18.2 Å². The predicted octanol–water partition coefficient (Wildman–Crippen LogP) is 3.20. The molecule has 0 bridgehead atoms. The van der Waals surface area contributed by atoms with Crippen LogP contribution in [-0.2, 0) is 4.79 Å². The SMILES string of the molecule is CC1CCCCN1CCCNC(=O)C1CCN(C(=O)c2ccc(F)cc2F)CC1. The molecule has 1 N–H and O–H groups in total. The Balaban J connectivity index is 1.38. The fourth-order valence-corrected chi connectivity index (χ4v) is 4.31. The molecule has 0 aliphatic carbocycles. The molecule has 1 aromatic rings. The molecule has 3 rings (SSSR count). The molecule has 2 heterocycles. The van der Waals surface area contributed by atoms with Crippen LogP contribution in [0.25, 0.3) is 0 Å². The first-order chi connectivity index (χ1) is 14.0. The fraction of sp³-hybridized carbons (Fsp3) is 0.636. The lowest BCUT2D eigenvalue weighted by Gasteiger charge is -2.33. The summed E-state index contributed by atoms with van der Waals surface area (Å²) in [5.41, 5.74) is -0.124. The Kier molecular flexibility index (Phi) is 7.58. The van der Waals surface area contributed by atoms with Gasteiger partial charge in [-0.2, -0.15) is 0 Å². The normalized spacial score (nSPS) is 21.2. The summed E-state index contributed by atoms with van der Waals surface area (Å²) in [5.74, 6) is -2.08. The highest BCUT2D eigenvalue weighted by atomic mass is 19.1. The van der Waals surface area contributed by atoms with Gasteiger partial charge in [-0.1, -0.05) is 6.42 Å². The second-order valence-electron chi connectivity index (χ2n) is 8.22. The number of carbonyl (C=O) groups excluding carboxylic acids is 2. The van der Waals surface area contributed by atoms with Crippen LogP contribution in [-0.4, -0.2) is 60.4 Å². The van der Waals surface area contributed by atoms with Crippen LogP contribution in [0.1, 0.15) is 55.8 Å². The molecule has 2 saturated heterocycles. The number of benzene rings is 1. The Hall–Kier alpha value is -2.02. The molecule has 2 aliphatic heterocycles. The topological polar surface area (TPSA) is 52.7 Å². The van der Waals surface area contributed by atoms with Crippen LogP contribution in [0.4, 0.5) is 8.78 Å². The number of carbonyl (C=O) groups is 2. The van der Waals surface area contributed by atoms with Gasteiger partial charge in [-0.05, 0) is 57.7 Å². The lowest BCUT2D eigenvalue weighted by molar-refractivity contribution is -0.126. The largest absolute Gasteiger partial charge is 0.356 e. The quantitative estimate of drug-likeness (QED) is 0.737. The zero-order valence-electron chi connectivity index (χ0n) is 17.1. The maximum absolute atomic E-state index is 13.8. The Morgan fingerprint density at radius 1 is 1.10 bits per heavy atom. The highest BCUT2D eigenvalue weighted by Crippen LogP contribution is 2.21. The van der Waals surface area contributed by atoms with E-state index in [1.807, 2.05) is 0 Å². The first kappa shape index (κ1) is 21.7. The third-order valence-corrected chi connectivity index (χ3v) is 6.18. The van der Waals surface area contributed by atoms with Gasteiger partial charge in [0.25, 0.3) is 5.91 Å². The summed E-state index contributed by atoms with van der Waals surface area (Å²) in [4.78, 5) is 28.9. The molecule has 2 fully saturated rings. The monoisotopic (exact) mass is 407 g/mol. The van der Waals surface area contributed by atoms with E-state index in [2.05, 4.69) is 17.1 Å². The van der Waals surface area contributed by atoms with Crippen molar-refractivity contribution in [3.8, 4) is 0 Å². The average Bonchev–Trinajstić information content (AvgIpc) is 2.72. The molecule has 5 nitrogen and oxygen atoms in total. The van der Waals surface area contributed by atoms with E-state index in [-0.39, 0.29) is 17.4 Å². The molecule has 0 aromatic heterocycles. The molecule has 7 heteroatoms. The minimum atomic E-state index is -0.849. The summed E-state index contributed by atoms with van der Waals surface area (Å²) in [6, 6.07) is 3.61. The lowest BCUT2D eigenvalue weighted by Crippen LogP contribution is -2.44. The second-order valence-corrected chi connectivity index (χ2v) is 8.22. The van der Waals surface area contributed by atoms with Crippen molar-refractivity contribution in [3.05, 3.63) is 35.4 Å². The molecule has 160 valence electrons. The van der Waals surface area contributed by atoms with E-state index < -0.39 is 17.5 Å². The average molecular weight is 408 g/mol. The second kappa shape index (κ2) is 10.1. The Labute approximate surface area is 171 Å². The van der Waals surface area contributed by atoms with Crippen LogP contribution >= 0.6 is 0 Å². The minimum Gasteiger partial charge on any atom is -0.356 e. The van der Waals surface area contributed by atoms with Crippen LogP contribution in [0.2, 0.25) is 0 Å². The Morgan fingerprint density at radius 2 is 1.86 bits per heavy atom. The van der Waals surface area contributed by atoms with E-state index in [0.29, 0.717) is 38.5 Å². The van der Waals surface area contributed by atoms with Crippen molar-refractivity contribution in [1.29, 1.82) is 0 Å². The summed E-state index contributed by atoms with van der Waals surface area (Å²) in [5, 5.41) is 3.03. The third kappa shape index (κ3) is 5.75. The van der Waals surface area contributed by atoms with E-state index in [4.69, 9.17) is 0 Å². The van der Waals surface area contributed by atoms with E-state index in [1.54, 1.807) is 0 Å². The number of amides is 2. The minimum absolute atomic E-state index is 0.0387. The fourth-order valence-electron chi connectivity index (χ4n) is 4.31. The summed E-state index contributed by atoms with van der Waals surface area (Å²) in [7, 11) is 0. The number of nitrogens with one attached hydrogen (secondary N) is 1. The van der Waals surface area contributed by atoms with Crippen molar-refractivity contribution in [3.63, 3.8) is 0 Å². The molecule has 29 heavy (non-hydrogen) atoms. The molecular weight excluding hydrogens is 376 g/mol. The molecule has 1 atom stereocenters. The molecular formula is C22H31F2N3O2. The first-order valence-electron chi connectivity index (χ1n) is 10.7. The van der Waals surface area contributed by atoms with Crippen molar-refractivity contribution < 1.29 is 18.4 Å². The molecule has 1 aromatic carbocycles. The van der Waals surface area contributed by atoms with Gasteiger partial charge in [-0.15, -0.1) is 0 Å². The molecule has 1 unspecified atom stereocenters. The number of rotatable bonds is 6. The zero-order valence-corrected chi connectivity index (χ0v) is 17.1. The van der Waals surface area contributed by atoms with E-state index in [9.17, 15) is 18.4 Å². The highest BCUT2D eigenvalue weighted by Gasteiger charge is 2.29. The number of piperidine rings is 2. The van der Waals surface area contributed by atoms with Crippen molar-refractivity contribution in [2.24, 2.45) is 5.92 Å². The summed E-state index contributed by atoms with van der Waals surface area (Å²) >= 11 is 0. The van der Waals surface area contributed by atoms with Gasteiger partial charge in [0.15, 0.2) is 0 Å². The number of hydrogen-bond donors (Lipinski definition) is 1. The van der Waals surface area contributed by atoms with Crippen molar-refractivity contribution in [1.82, 2.24) is 15.1 Å². The van der Waals surface area contributed by atoms with Crippen molar-refractivity contribution >= 4 is 11.8 Å². The van der Waals surface area contributed by atoms with Crippen molar-refractivity contribution in [2.75, 3.05) is 32.7 Å². The Morgan fingerprint density at radius 3 is 2.55 bits per heavy atom. The van der Waals surface area contributed by atoms with Crippen LogP contribution < -0.4 is 5.32 Å². The third-order valence-electron chi connectivity index (χ3n) is 6.18. The number of hydrogen-bond acceptors (Lipinski definition) is 3. The van der Waals surface area contributed by atoms with Gasteiger partial charge in [0, 0.05) is 44.2 Å². The zero-order chi connectivity index (χ0) is 20.8. The molecule has 0 radical (unpaired) electrons. The number of nitrogens with zero attached hydrogens (tertiary/aromatic N) is 2. The number of halogens is 2. The van der Waals surface area contributed by atoms with Gasteiger partial charge in [-0.3, -0.25) is 9.59 Å². The highest BCUT2D eigenvalue weighted by molar-refractivity contribution is 5.94. The van der Waals surface area contributed by atoms with E-state index in [1.165, 1.54) is 30.2 Å².